The number of nitro groups is 1. The molecular weight excluding hydrogens is 399 g/mol. The SMILES string of the molecule is COCCNC(=NCc1ccc([N+](=O)[O-])cc1)NC(C)C.I. The Hall–Kier alpha value is -1.42. The summed E-state index contributed by atoms with van der Waals surface area (Å²) in [7, 11) is 1.64. The number of aliphatic imine (C=N–C) groups is 1. The van der Waals surface area contributed by atoms with E-state index in [1.807, 2.05) is 13.8 Å². The van der Waals surface area contributed by atoms with Crippen LogP contribution < -0.4 is 10.6 Å². The van der Waals surface area contributed by atoms with Crippen molar-refractivity contribution in [2.75, 3.05) is 20.3 Å². The molecule has 8 heteroatoms. The number of ether oxygens (including phenoxy) is 1. The first-order chi connectivity index (χ1) is 10.0. The van der Waals surface area contributed by atoms with Gasteiger partial charge in [-0.25, -0.2) is 4.99 Å². The van der Waals surface area contributed by atoms with E-state index >= 15 is 0 Å². The number of halogens is 1. The summed E-state index contributed by atoms with van der Waals surface area (Å²) in [5, 5.41) is 17.0. The minimum atomic E-state index is -0.412. The van der Waals surface area contributed by atoms with Gasteiger partial charge in [0.15, 0.2) is 5.96 Å². The lowest BCUT2D eigenvalue weighted by Crippen LogP contribution is -2.42. The van der Waals surface area contributed by atoms with Gasteiger partial charge in [0.25, 0.3) is 5.69 Å². The van der Waals surface area contributed by atoms with E-state index in [1.165, 1.54) is 12.1 Å². The largest absolute Gasteiger partial charge is 0.383 e. The summed E-state index contributed by atoms with van der Waals surface area (Å²) in [6.07, 6.45) is 0. The summed E-state index contributed by atoms with van der Waals surface area (Å²) in [4.78, 5) is 14.6. The van der Waals surface area contributed by atoms with Crippen LogP contribution in [0.1, 0.15) is 19.4 Å². The average Bonchev–Trinajstić information content (AvgIpc) is 2.44. The highest BCUT2D eigenvalue weighted by Gasteiger charge is 2.04. The van der Waals surface area contributed by atoms with Crippen LogP contribution in [-0.4, -0.2) is 37.2 Å². The number of guanidine groups is 1. The molecule has 2 N–H and O–H groups in total. The number of methoxy groups -OCH3 is 1. The fourth-order valence-electron chi connectivity index (χ4n) is 1.59. The van der Waals surface area contributed by atoms with Gasteiger partial charge in [0.05, 0.1) is 18.1 Å². The first-order valence-corrected chi connectivity index (χ1v) is 6.80. The van der Waals surface area contributed by atoms with Gasteiger partial charge < -0.3 is 15.4 Å². The molecule has 0 aliphatic heterocycles. The molecule has 0 atom stereocenters. The van der Waals surface area contributed by atoms with E-state index in [4.69, 9.17) is 4.74 Å². The minimum absolute atomic E-state index is 0. The van der Waals surface area contributed by atoms with E-state index in [0.717, 1.165) is 5.56 Å². The van der Waals surface area contributed by atoms with Gasteiger partial charge in [-0.1, -0.05) is 12.1 Å². The second-order valence-electron chi connectivity index (χ2n) is 4.81. The number of hydrogen-bond donors (Lipinski definition) is 2. The number of nitrogens with one attached hydrogen (secondary N) is 2. The Morgan fingerprint density at radius 2 is 2.00 bits per heavy atom. The molecule has 0 bridgehead atoms. The maximum atomic E-state index is 10.6. The second kappa shape index (κ2) is 11.2. The van der Waals surface area contributed by atoms with Crippen LogP contribution in [0.5, 0.6) is 0 Å². The monoisotopic (exact) mass is 422 g/mol. The maximum Gasteiger partial charge on any atom is 0.269 e. The fraction of sp³-hybridized carbons (Fsp3) is 0.500. The number of nitrogens with zero attached hydrogens (tertiary/aromatic N) is 2. The van der Waals surface area contributed by atoms with Crippen molar-refractivity contribution in [3.63, 3.8) is 0 Å². The van der Waals surface area contributed by atoms with Crippen molar-refractivity contribution in [2.45, 2.75) is 26.4 Å². The van der Waals surface area contributed by atoms with E-state index in [0.29, 0.717) is 25.7 Å². The molecule has 0 aliphatic carbocycles. The molecule has 22 heavy (non-hydrogen) atoms. The van der Waals surface area contributed by atoms with Crippen LogP contribution in [0.2, 0.25) is 0 Å². The quantitative estimate of drug-likeness (QED) is 0.176. The molecular formula is C14H23IN4O3. The molecule has 7 nitrogen and oxygen atoms in total. The molecule has 0 aromatic heterocycles. The van der Waals surface area contributed by atoms with Crippen LogP contribution in [-0.2, 0) is 11.3 Å². The summed E-state index contributed by atoms with van der Waals surface area (Å²) >= 11 is 0. The van der Waals surface area contributed by atoms with Crippen LogP contribution in [0.15, 0.2) is 29.3 Å². The van der Waals surface area contributed by atoms with E-state index < -0.39 is 4.92 Å². The molecule has 0 heterocycles. The van der Waals surface area contributed by atoms with Gasteiger partial charge in [0, 0.05) is 31.8 Å². The van der Waals surface area contributed by atoms with Crippen LogP contribution in [0.25, 0.3) is 0 Å². The average molecular weight is 422 g/mol. The topological polar surface area (TPSA) is 88.8 Å². The highest BCUT2D eigenvalue weighted by Crippen LogP contribution is 2.12. The Morgan fingerprint density at radius 1 is 1.36 bits per heavy atom. The number of benzene rings is 1. The predicted octanol–water partition coefficient (Wildman–Crippen LogP) is 2.30. The first kappa shape index (κ1) is 20.6. The van der Waals surface area contributed by atoms with Gasteiger partial charge in [-0.3, -0.25) is 10.1 Å². The summed E-state index contributed by atoms with van der Waals surface area (Å²) in [6.45, 7) is 5.76. The first-order valence-electron chi connectivity index (χ1n) is 6.80. The standard InChI is InChI=1S/C14H22N4O3.HI/c1-11(2)17-14(15-8-9-21-3)16-10-12-4-6-13(7-5-12)18(19)20;/h4-7,11H,8-10H2,1-3H3,(H2,15,16,17);1H. The minimum Gasteiger partial charge on any atom is -0.383 e. The Kier molecular flexibility index (Phi) is 10.5. The third kappa shape index (κ3) is 8.13. The molecule has 1 aromatic rings. The van der Waals surface area contributed by atoms with E-state index in [9.17, 15) is 10.1 Å². The van der Waals surface area contributed by atoms with Gasteiger partial charge in [-0.15, -0.1) is 24.0 Å². The lowest BCUT2D eigenvalue weighted by molar-refractivity contribution is -0.384. The van der Waals surface area contributed by atoms with Crippen molar-refractivity contribution in [1.82, 2.24) is 10.6 Å². The molecule has 0 saturated heterocycles. The van der Waals surface area contributed by atoms with Gasteiger partial charge in [-0.05, 0) is 19.4 Å². The van der Waals surface area contributed by atoms with Gasteiger partial charge >= 0.3 is 0 Å². The lowest BCUT2D eigenvalue weighted by Gasteiger charge is -2.14. The fourth-order valence-corrected chi connectivity index (χ4v) is 1.59. The number of nitro benzene ring substituents is 1. The van der Waals surface area contributed by atoms with Crippen molar-refractivity contribution >= 4 is 35.6 Å². The summed E-state index contributed by atoms with van der Waals surface area (Å²) in [6, 6.07) is 6.65. The molecule has 124 valence electrons. The molecule has 0 fully saturated rings. The van der Waals surface area contributed by atoms with Gasteiger partial charge in [0.2, 0.25) is 0 Å². The smallest absolute Gasteiger partial charge is 0.269 e. The summed E-state index contributed by atoms with van der Waals surface area (Å²) < 4.78 is 4.99. The Labute approximate surface area is 147 Å². The Bertz CT molecular complexity index is 477. The number of hydrogen-bond acceptors (Lipinski definition) is 4. The zero-order valence-corrected chi connectivity index (χ0v) is 15.4. The molecule has 1 aromatic carbocycles. The zero-order valence-electron chi connectivity index (χ0n) is 13.0. The highest BCUT2D eigenvalue weighted by molar-refractivity contribution is 14.0. The van der Waals surface area contributed by atoms with Crippen molar-refractivity contribution in [1.29, 1.82) is 0 Å². The molecule has 0 saturated carbocycles. The van der Waals surface area contributed by atoms with E-state index in [-0.39, 0.29) is 35.7 Å². The molecule has 0 unspecified atom stereocenters. The molecule has 0 spiro atoms. The normalized spacial score (nSPS) is 11.0. The van der Waals surface area contributed by atoms with E-state index in [1.54, 1.807) is 19.2 Å². The van der Waals surface area contributed by atoms with Gasteiger partial charge in [-0.2, -0.15) is 0 Å². The van der Waals surface area contributed by atoms with Crippen LogP contribution in [0, 0.1) is 10.1 Å². The van der Waals surface area contributed by atoms with Crippen LogP contribution in [0.4, 0.5) is 5.69 Å². The summed E-state index contributed by atoms with van der Waals surface area (Å²) in [5.74, 6) is 0.695. The molecule has 1 rings (SSSR count). The number of non-ortho nitro benzene ring substituents is 1. The second-order valence-corrected chi connectivity index (χ2v) is 4.81. The lowest BCUT2D eigenvalue weighted by atomic mass is 10.2. The predicted molar refractivity (Wildman–Crippen MR) is 97.8 cm³/mol. The van der Waals surface area contributed by atoms with Crippen LogP contribution >= 0.6 is 24.0 Å². The van der Waals surface area contributed by atoms with E-state index in [2.05, 4.69) is 15.6 Å². The third-order valence-electron chi connectivity index (χ3n) is 2.59. The van der Waals surface area contributed by atoms with Crippen molar-refractivity contribution in [3.8, 4) is 0 Å². The van der Waals surface area contributed by atoms with Gasteiger partial charge in [0.1, 0.15) is 0 Å². The van der Waals surface area contributed by atoms with Crippen molar-refractivity contribution in [2.24, 2.45) is 4.99 Å². The summed E-state index contributed by atoms with van der Waals surface area (Å²) in [5.41, 5.74) is 0.999. The highest BCUT2D eigenvalue weighted by atomic mass is 127. The molecule has 0 radical (unpaired) electrons. The molecule has 0 aliphatic rings. The van der Waals surface area contributed by atoms with Crippen LogP contribution in [0.3, 0.4) is 0 Å². The number of rotatable bonds is 7. The maximum absolute atomic E-state index is 10.6. The molecule has 0 amide bonds. The van der Waals surface area contributed by atoms with Crippen molar-refractivity contribution in [3.05, 3.63) is 39.9 Å². The third-order valence-corrected chi connectivity index (χ3v) is 2.59. The Balaban J connectivity index is 0.00000441. The zero-order chi connectivity index (χ0) is 15.7. The Morgan fingerprint density at radius 3 is 2.50 bits per heavy atom. The van der Waals surface area contributed by atoms with Crippen molar-refractivity contribution < 1.29 is 9.66 Å².